The fraction of sp³-hybridized carbons (Fsp3) is 0.158. The van der Waals surface area contributed by atoms with Gasteiger partial charge >= 0.3 is 0 Å². The molecule has 0 aliphatic heterocycles. The predicted octanol–water partition coefficient (Wildman–Crippen LogP) is 3.57. The van der Waals surface area contributed by atoms with Crippen molar-refractivity contribution in [2.75, 3.05) is 0 Å². The Balaban J connectivity index is 1.93. The van der Waals surface area contributed by atoms with Crippen LogP contribution in [-0.4, -0.2) is 15.7 Å². The van der Waals surface area contributed by atoms with Crippen molar-refractivity contribution in [3.8, 4) is 16.8 Å². The molecule has 1 N–H and O–H groups in total. The van der Waals surface area contributed by atoms with Crippen LogP contribution in [-0.2, 0) is 11.3 Å². The van der Waals surface area contributed by atoms with Gasteiger partial charge in [-0.05, 0) is 34.9 Å². The topological polar surface area (TPSA) is 46.9 Å². The molecule has 2 aromatic carbocycles. The number of carbonyl (C=O) groups is 1. The molecule has 0 fully saturated rings. The second-order valence-electron chi connectivity index (χ2n) is 5.29. The minimum Gasteiger partial charge on any atom is -0.352 e. The maximum Gasteiger partial charge on any atom is 0.219 e. The van der Waals surface area contributed by atoms with Crippen LogP contribution in [0.1, 0.15) is 18.9 Å². The van der Waals surface area contributed by atoms with Gasteiger partial charge < -0.3 is 5.32 Å². The second kappa shape index (κ2) is 6.92. The van der Waals surface area contributed by atoms with Gasteiger partial charge in [0.15, 0.2) is 0 Å². The number of nitrogens with one attached hydrogen (secondary N) is 1. The molecule has 0 spiro atoms. The molecule has 116 valence electrons. The standard InChI is InChI=1S/C19H19N3O/c1-2-19(23)20-14-16-7-3-4-10-18(16)15-8-5-9-17(13-15)22-12-6-11-21-22/h3-13H,2,14H2,1H3,(H,20,23). The summed E-state index contributed by atoms with van der Waals surface area (Å²) in [5.41, 5.74) is 4.35. The van der Waals surface area contributed by atoms with Gasteiger partial charge in [0.1, 0.15) is 0 Å². The Morgan fingerprint density at radius 1 is 1.13 bits per heavy atom. The predicted molar refractivity (Wildman–Crippen MR) is 91.1 cm³/mol. The van der Waals surface area contributed by atoms with Crippen LogP contribution in [0.3, 0.4) is 0 Å². The van der Waals surface area contributed by atoms with E-state index in [0.29, 0.717) is 13.0 Å². The third kappa shape index (κ3) is 3.48. The van der Waals surface area contributed by atoms with Crippen LogP contribution >= 0.6 is 0 Å². The fourth-order valence-corrected chi connectivity index (χ4v) is 2.51. The molecular weight excluding hydrogens is 286 g/mol. The molecule has 0 radical (unpaired) electrons. The van der Waals surface area contributed by atoms with Crippen molar-refractivity contribution in [2.45, 2.75) is 19.9 Å². The third-order valence-corrected chi connectivity index (χ3v) is 3.74. The Morgan fingerprint density at radius 3 is 2.78 bits per heavy atom. The van der Waals surface area contributed by atoms with Gasteiger partial charge in [0, 0.05) is 25.4 Å². The van der Waals surface area contributed by atoms with Crippen molar-refractivity contribution in [3.63, 3.8) is 0 Å². The molecule has 0 aliphatic rings. The van der Waals surface area contributed by atoms with E-state index in [2.05, 4.69) is 28.6 Å². The van der Waals surface area contributed by atoms with Gasteiger partial charge in [-0.25, -0.2) is 4.68 Å². The molecule has 3 aromatic rings. The van der Waals surface area contributed by atoms with Crippen LogP contribution in [0.15, 0.2) is 67.0 Å². The van der Waals surface area contributed by atoms with Crippen LogP contribution in [0.25, 0.3) is 16.8 Å². The number of benzene rings is 2. The van der Waals surface area contributed by atoms with Crippen LogP contribution in [0.2, 0.25) is 0 Å². The molecule has 0 aliphatic carbocycles. The van der Waals surface area contributed by atoms with Crippen molar-refractivity contribution in [1.29, 1.82) is 0 Å². The summed E-state index contributed by atoms with van der Waals surface area (Å²) in [6.07, 6.45) is 4.18. The lowest BCUT2D eigenvalue weighted by atomic mass is 9.99. The van der Waals surface area contributed by atoms with Crippen molar-refractivity contribution in [2.24, 2.45) is 0 Å². The number of amides is 1. The summed E-state index contributed by atoms with van der Waals surface area (Å²) < 4.78 is 1.84. The minimum atomic E-state index is 0.0603. The van der Waals surface area contributed by atoms with E-state index in [1.54, 1.807) is 6.20 Å². The summed E-state index contributed by atoms with van der Waals surface area (Å²) in [5.74, 6) is 0.0603. The van der Waals surface area contributed by atoms with Gasteiger partial charge in [0.05, 0.1) is 5.69 Å². The zero-order valence-electron chi connectivity index (χ0n) is 13.1. The largest absolute Gasteiger partial charge is 0.352 e. The summed E-state index contributed by atoms with van der Waals surface area (Å²) in [4.78, 5) is 11.5. The fourth-order valence-electron chi connectivity index (χ4n) is 2.51. The first-order valence-electron chi connectivity index (χ1n) is 7.73. The molecule has 4 heteroatoms. The Hall–Kier alpha value is -2.88. The highest BCUT2D eigenvalue weighted by Gasteiger charge is 2.07. The van der Waals surface area contributed by atoms with E-state index in [0.717, 1.165) is 22.4 Å². The van der Waals surface area contributed by atoms with E-state index in [4.69, 9.17) is 0 Å². The van der Waals surface area contributed by atoms with E-state index >= 15 is 0 Å². The minimum absolute atomic E-state index is 0.0603. The summed E-state index contributed by atoms with van der Waals surface area (Å²) in [7, 11) is 0. The Morgan fingerprint density at radius 2 is 2.00 bits per heavy atom. The average Bonchev–Trinajstić information content (AvgIpc) is 3.14. The Bertz CT molecular complexity index is 794. The molecule has 0 unspecified atom stereocenters. The second-order valence-corrected chi connectivity index (χ2v) is 5.29. The van der Waals surface area contributed by atoms with Crippen LogP contribution in [0.4, 0.5) is 0 Å². The van der Waals surface area contributed by atoms with Crippen LogP contribution in [0, 0.1) is 0 Å². The zero-order valence-corrected chi connectivity index (χ0v) is 13.1. The van der Waals surface area contributed by atoms with Crippen LogP contribution < -0.4 is 5.32 Å². The van der Waals surface area contributed by atoms with Crippen molar-refractivity contribution in [3.05, 3.63) is 72.6 Å². The van der Waals surface area contributed by atoms with E-state index in [-0.39, 0.29) is 5.91 Å². The summed E-state index contributed by atoms with van der Waals surface area (Å²) in [5, 5.41) is 7.22. The summed E-state index contributed by atoms with van der Waals surface area (Å²) in [6, 6.07) is 18.3. The highest BCUT2D eigenvalue weighted by atomic mass is 16.1. The maximum absolute atomic E-state index is 11.5. The van der Waals surface area contributed by atoms with Gasteiger partial charge in [0.25, 0.3) is 0 Å². The van der Waals surface area contributed by atoms with Crippen molar-refractivity contribution >= 4 is 5.91 Å². The third-order valence-electron chi connectivity index (χ3n) is 3.74. The molecule has 0 saturated heterocycles. The first-order valence-corrected chi connectivity index (χ1v) is 7.73. The lowest BCUT2D eigenvalue weighted by Crippen LogP contribution is -2.21. The average molecular weight is 305 g/mol. The lowest BCUT2D eigenvalue weighted by molar-refractivity contribution is -0.120. The van der Waals surface area contributed by atoms with Gasteiger partial charge in [-0.1, -0.05) is 43.3 Å². The van der Waals surface area contributed by atoms with Gasteiger partial charge in [-0.15, -0.1) is 0 Å². The molecule has 0 bridgehead atoms. The lowest BCUT2D eigenvalue weighted by Gasteiger charge is -2.12. The molecule has 4 nitrogen and oxygen atoms in total. The highest BCUT2D eigenvalue weighted by Crippen LogP contribution is 2.25. The van der Waals surface area contributed by atoms with Crippen molar-refractivity contribution in [1.82, 2.24) is 15.1 Å². The molecule has 23 heavy (non-hydrogen) atoms. The number of hydrogen-bond acceptors (Lipinski definition) is 2. The number of hydrogen-bond donors (Lipinski definition) is 1. The molecule has 0 saturated carbocycles. The quantitative estimate of drug-likeness (QED) is 0.783. The molecular formula is C19H19N3O. The smallest absolute Gasteiger partial charge is 0.219 e. The van der Waals surface area contributed by atoms with Crippen LogP contribution in [0.5, 0.6) is 0 Å². The van der Waals surface area contributed by atoms with E-state index in [9.17, 15) is 4.79 Å². The van der Waals surface area contributed by atoms with E-state index < -0.39 is 0 Å². The van der Waals surface area contributed by atoms with Gasteiger partial charge in [0.2, 0.25) is 5.91 Å². The number of aromatic nitrogens is 2. The molecule has 1 heterocycles. The molecule has 0 atom stereocenters. The SMILES string of the molecule is CCC(=O)NCc1ccccc1-c1cccc(-n2cccn2)c1. The first-order chi connectivity index (χ1) is 11.3. The zero-order chi connectivity index (χ0) is 16.1. The van der Waals surface area contributed by atoms with E-state index in [1.165, 1.54) is 0 Å². The number of carbonyl (C=O) groups excluding carboxylic acids is 1. The number of nitrogens with zero attached hydrogens (tertiary/aromatic N) is 2. The Labute approximate surface area is 135 Å². The molecule has 1 aromatic heterocycles. The highest BCUT2D eigenvalue weighted by molar-refractivity contribution is 5.76. The Kier molecular flexibility index (Phi) is 4.52. The normalized spacial score (nSPS) is 10.5. The summed E-state index contributed by atoms with van der Waals surface area (Å²) >= 11 is 0. The maximum atomic E-state index is 11.5. The van der Waals surface area contributed by atoms with Gasteiger partial charge in [-0.3, -0.25) is 4.79 Å². The monoisotopic (exact) mass is 305 g/mol. The van der Waals surface area contributed by atoms with Gasteiger partial charge in [-0.2, -0.15) is 5.10 Å². The molecule has 1 amide bonds. The molecule has 3 rings (SSSR count). The summed E-state index contributed by atoms with van der Waals surface area (Å²) in [6.45, 7) is 2.39. The van der Waals surface area contributed by atoms with E-state index in [1.807, 2.05) is 54.2 Å². The number of rotatable bonds is 5. The van der Waals surface area contributed by atoms with Crippen molar-refractivity contribution < 1.29 is 4.79 Å². The first kappa shape index (κ1) is 15.0.